The van der Waals surface area contributed by atoms with Crippen LogP contribution < -0.4 is 19.5 Å². The first-order valence-corrected chi connectivity index (χ1v) is 11.4. The van der Waals surface area contributed by atoms with Crippen molar-refractivity contribution >= 4 is 27.6 Å². The van der Waals surface area contributed by atoms with Gasteiger partial charge in [0.05, 0.1) is 23.6 Å². The predicted molar refractivity (Wildman–Crippen MR) is 115 cm³/mol. The number of hydrogen-bond acceptors (Lipinski definition) is 7. The fourth-order valence-electron chi connectivity index (χ4n) is 2.57. The second kappa shape index (κ2) is 12.1. The molecule has 2 rings (SSSR count). The third-order valence-electron chi connectivity index (χ3n) is 4.10. The van der Waals surface area contributed by atoms with Gasteiger partial charge in [0.15, 0.2) is 6.10 Å². The van der Waals surface area contributed by atoms with E-state index in [9.17, 15) is 26.8 Å². The second-order valence-electron chi connectivity index (χ2n) is 6.55. The molecule has 0 spiro atoms. The average Bonchev–Trinajstić information content (AvgIpc) is 2.75. The first-order valence-electron chi connectivity index (χ1n) is 9.89. The third-order valence-corrected chi connectivity index (χ3v) is 5.58. The number of esters is 1. The molecule has 0 bridgehead atoms. The molecule has 1 amide bonds. The van der Waals surface area contributed by atoms with Crippen molar-refractivity contribution in [3.05, 3.63) is 48.5 Å². The van der Waals surface area contributed by atoms with E-state index < -0.39 is 34.6 Å². The molecule has 33 heavy (non-hydrogen) atoms. The van der Waals surface area contributed by atoms with Crippen molar-refractivity contribution in [1.82, 2.24) is 4.72 Å². The summed E-state index contributed by atoms with van der Waals surface area (Å²) in [4.78, 5) is 24.2. The Morgan fingerprint density at radius 3 is 2.36 bits per heavy atom. The Balaban J connectivity index is 1.83. The number of rotatable bonds is 12. The number of alkyl halides is 2. The van der Waals surface area contributed by atoms with Crippen LogP contribution in [0.25, 0.3) is 0 Å². The topological polar surface area (TPSA) is 120 Å². The third kappa shape index (κ3) is 8.31. The van der Waals surface area contributed by atoms with E-state index in [1.54, 1.807) is 6.92 Å². The highest BCUT2D eigenvalue weighted by Gasteiger charge is 2.21. The van der Waals surface area contributed by atoms with Crippen LogP contribution in [-0.2, 0) is 24.3 Å². The molecule has 0 aliphatic heterocycles. The van der Waals surface area contributed by atoms with Crippen LogP contribution in [0.3, 0.4) is 0 Å². The number of sulfonamides is 1. The number of nitrogens with one attached hydrogen (secondary N) is 2. The summed E-state index contributed by atoms with van der Waals surface area (Å²) in [7, 11) is -3.86. The zero-order chi connectivity index (χ0) is 24.4. The Labute approximate surface area is 190 Å². The van der Waals surface area contributed by atoms with E-state index >= 15 is 0 Å². The van der Waals surface area contributed by atoms with Gasteiger partial charge in [-0.15, -0.1) is 0 Å². The number of benzene rings is 2. The highest BCUT2D eigenvalue weighted by atomic mass is 32.2. The summed E-state index contributed by atoms with van der Waals surface area (Å²) in [5.41, 5.74) is -0.0196. The monoisotopic (exact) mass is 486 g/mol. The minimum Gasteiger partial charge on any atom is -0.494 e. The Kier molecular flexibility index (Phi) is 9.55. The molecule has 0 saturated heterocycles. The number of carbonyl (C=O) groups excluding carboxylic acids is 2. The maximum absolute atomic E-state index is 12.5. The summed E-state index contributed by atoms with van der Waals surface area (Å²) < 4.78 is 66.3. The Morgan fingerprint density at radius 2 is 1.73 bits per heavy atom. The average molecular weight is 486 g/mol. The Morgan fingerprint density at radius 1 is 1.06 bits per heavy atom. The summed E-state index contributed by atoms with van der Waals surface area (Å²) in [6.45, 7) is 0.196. The van der Waals surface area contributed by atoms with Crippen LogP contribution in [0.4, 0.5) is 14.5 Å². The van der Waals surface area contributed by atoms with Gasteiger partial charge in [0.1, 0.15) is 11.5 Å². The van der Waals surface area contributed by atoms with Crippen molar-refractivity contribution in [2.45, 2.75) is 37.9 Å². The van der Waals surface area contributed by atoms with Crippen molar-refractivity contribution in [2.75, 3.05) is 18.5 Å². The van der Waals surface area contributed by atoms with E-state index in [0.29, 0.717) is 12.4 Å². The number of anilines is 1. The lowest BCUT2D eigenvalue weighted by molar-refractivity contribution is -0.152. The van der Waals surface area contributed by atoms with Gasteiger partial charge < -0.3 is 19.5 Å². The minimum atomic E-state index is -3.86. The largest absolute Gasteiger partial charge is 0.494 e. The summed E-state index contributed by atoms with van der Waals surface area (Å²) in [6.07, 6.45) is -1.60. The van der Waals surface area contributed by atoms with Crippen molar-refractivity contribution in [3.8, 4) is 11.5 Å². The zero-order valence-corrected chi connectivity index (χ0v) is 18.7. The highest BCUT2D eigenvalue weighted by molar-refractivity contribution is 7.89. The second-order valence-corrected chi connectivity index (χ2v) is 8.32. The van der Waals surface area contributed by atoms with E-state index in [0.717, 1.165) is 0 Å². The molecule has 9 nitrogen and oxygen atoms in total. The lowest BCUT2D eigenvalue weighted by Gasteiger charge is -2.16. The SMILES string of the molecule is CCOc1ccc(S(=O)(=O)NCCC(=O)OC(C)C(=O)Nc2ccccc2OC(F)F)cc1. The van der Waals surface area contributed by atoms with Crippen LogP contribution >= 0.6 is 0 Å². The first kappa shape index (κ1) is 26.0. The highest BCUT2D eigenvalue weighted by Crippen LogP contribution is 2.25. The molecular weight excluding hydrogens is 462 g/mol. The molecule has 0 aromatic heterocycles. The molecule has 0 fully saturated rings. The van der Waals surface area contributed by atoms with E-state index in [1.165, 1.54) is 55.5 Å². The minimum absolute atomic E-state index is 0.00301. The number of carbonyl (C=O) groups is 2. The van der Waals surface area contributed by atoms with Crippen molar-refractivity contribution in [3.63, 3.8) is 0 Å². The standard InChI is InChI=1S/C21H24F2N2O7S/c1-3-30-15-8-10-16(11-9-15)33(28,29)24-13-12-19(26)31-14(2)20(27)25-17-6-4-5-7-18(17)32-21(22)23/h4-11,14,21,24H,3,12-13H2,1-2H3,(H,25,27). The van der Waals surface area contributed by atoms with Gasteiger partial charge in [0.25, 0.3) is 5.91 Å². The summed E-state index contributed by atoms with van der Waals surface area (Å²) in [6, 6.07) is 11.3. The van der Waals surface area contributed by atoms with Gasteiger partial charge in [-0.1, -0.05) is 12.1 Å². The fraction of sp³-hybridized carbons (Fsp3) is 0.333. The molecule has 1 atom stereocenters. The molecule has 12 heteroatoms. The number of hydrogen-bond donors (Lipinski definition) is 2. The van der Waals surface area contributed by atoms with E-state index in [-0.39, 0.29) is 29.3 Å². The summed E-state index contributed by atoms with van der Waals surface area (Å²) in [5.74, 6) is -1.33. The lowest BCUT2D eigenvalue weighted by atomic mass is 10.2. The molecule has 1 unspecified atom stereocenters. The zero-order valence-electron chi connectivity index (χ0n) is 17.9. The molecule has 0 aliphatic carbocycles. The number of halogens is 2. The van der Waals surface area contributed by atoms with E-state index in [2.05, 4.69) is 14.8 Å². The quantitative estimate of drug-likeness (QED) is 0.443. The Bertz CT molecular complexity index is 1050. The van der Waals surface area contributed by atoms with Gasteiger partial charge in [-0.2, -0.15) is 8.78 Å². The molecule has 0 aliphatic rings. The molecule has 180 valence electrons. The number of ether oxygens (including phenoxy) is 3. The van der Waals surface area contributed by atoms with Crippen LogP contribution in [0.15, 0.2) is 53.4 Å². The van der Waals surface area contributed by atoms with Gasteiger partial charge in [0.2, 0.25) is 10.0 Å². The molecule has 0 saturated carbocycles. The normalized spacial score (nSPS) is 12.2. The van der Waals surface area contributed by atoms with Crippen LogP contribution in [0.1, 0.15) is 20.3 Å². The molecule has 2 aromatic rings. The number of amides is 1. The Hall–Kier alpha value is -3.25. The summed E-state index contributed by atoms with van der Waals surface area (Å²) in [5, 5.41) is 2.34. The van der Waals surface area contributed by atoms with Crippen LogP contribution in [0.5, 0.6) is 11.5 Å². The maximum atomic E-state index is 12.5. The molecular formula is C21H24F2N2O7S. The van der Waals surface area contributed by atoms with Gasteiger partial charge in [-0.25, -0.2) is 13.1 Å². The first-order chi connectivity index (χ1) is 15.6. The van der Waals surface area contributed by atoms with Gasteiger partial charge in [0, 0.05) is 6.54 Å². The van der Waals surface area contributed by atoms with Crippen molar-refractivity contribution < 1.29 is 41.0 Å². The van der Waals surface area contributed by atoms with E-state index in [1.807, 2.05) is 0 Å². The van der Waals surface area contributed by atoms with E-state index in [4.69, 9.17) is 9.47 Å². The summed E-state index contributed by atoms with van der Waals surface area (Å²) >= 11 is 0. The lowest BCUT2D eigenvalue weighted by Crippen LogP contribution is -2.32. The molecule has 0 radical (unpaired) electrons. The van der Waals surface area contributed by atoms with Crippen LogP contribution in [0, 0.1) is 0 Å². The molecule has 2 N–H and O–H groups in total. The van der Waals surface area contributed by atoms with Crippen LogP contribution in [0.2, 0.25) is 0 Å². The fourth-order valence-corrected chi connectivity index (χ4v) is 3.60. The van der Waals surface area contributed by atoms with Gasteiger partial charge in [-0.3, -0.25) is 9.59 Å². The number of para-hydroxylation sites is 2. The van der Waals surface area contributed by atoms with Crippen molar-refractivity contribution in [2.24, 2.45) is 0 Å². The molecule has 2 aromatic carbocycles. The van der Waals surface area contributed by atoms with Gasteiger partial charge in [-0.05, 0) is 50.2 Å². The molecule has 0 heterocycles. The smallest absolute Gasteiger partial charge is 0.387 e. The maximum Gasteiger partial charge on any atom is 0.387 e. The van der Waals surface area contributed by atoms with Crippen LogP contribution in [-0.4, -0.2) is 46.2 Å². The van der Waals surface area contributed by atoms with Gasteiger partial charge >= 0.3 is 12.6 Å². The van der Waals surface area contributed by atoms with Crippen molar-refractivity contribution in [1.29, 1.82) is 0 Å². The predicted octanol–water partition coefficient (Wildman–Crippen LogP) is 2.93.